The number of nitrogens with one attached hydrogen (secondary N) is 1. The number of piperidine rings is 3. The van der Waals surface area contributed by atoms with Crippen LogP contribution in [-0.4, -0.2) is 61.1 Å². The van der Waals surface area contributed by atoms with Gasteiger partial charge in [0.2, 0.25) is 5.91 Å². The topological polar surface area (TPSA) is 44.8 Å². The highest BCUT2D eigenvalue weighted by Gasteiger charge is 2.52. The molecule has 0 aliphatic carbocycles. The summed E-state index contributed by atoms with van der Waals surface area (Å²) in [5.74, 6) is 1.71. The molecule has 3 fully saturated rings. The summed E-state index contributed by atoms with van der Waals surface area (Å²) in [6, 6.07) is 30.4. The van der Waals surface area contributed by atoms with E-state index >= 15 is 0 Å². The highest BCUT2D eigenvalue weighted by molar-refractivity contribution is 5.80. The number of methoxy groups -OCH3 is 1. The molecular weight excluding hydrogens is 470 g/mol. The molecule has 3 aromatic rings. The lowest BCUT2D eigenvalue weighted by molar-refractivity contribution is -0.145. The molecule has 3 heterocycles. The van der Waals surface area contributed by atoms with Gasteiger partial charge in [-0.25, -0.2) is 0 Å². The van der Waals surface area contributed by atoms with E-state index < -0.39 is 0 Å². The minimum atomic E-state index is 0.0160. The summed E-state index contributed by atoms with van der Waals surface area (Å²) >= 11 is 0. The van der Waals surface area contributed by atoms with E-state index in [1.165, 1.54) is 11.1 Å². The summed E-state index contributed by atoms with van der Waals surface area (Å²) < 4.78 is 5.67. The van der Waals surface area contributed by atoms with Crippen LogP contribution in [0.3, 0.4) is 0 Å². The third-order valence-corrected chi connectivity index (χ3v) is 8.72. The molecular formula is C33H41N3O2. The van der Waals surface area contributed by atoms with Gasteiger partial charge in [-0.3, -0.25) is 9.69 Å². The van der Waals surface area contributed by atoms with Gasteiger partial charge in [0.25, 0.3) is 0 Å². The maximum Gasteiger partial charge on any atom is 0.227 e. The summed E-state index contributed by atoms with van der Waals surface area (Å²) in [5, 5.41) is 3.98. The van der Waals surface area contributed by atoms with E-state index in [-0.39, 0.29) is 29.8 Å². The van der Waals surface area contributed by atoms with E-state index in [0.717, 1.165) is 43.9 Å². The second-order valence-electron chi connectivity index (χ2n) is 10.6. The lowest BCUT2D eigenvalue weighted by Crippen LogP contribution is -2.69. The molecule has 3 aliphatic rings. The lowest BCUT2D eigenvalue weighted by Gasteiger charge is -2.57. The first-order chi connectivity index (χ1) is 18.7. The Labute approximate surface area is 227 Å². The summed E-state index contributed by atoms with van der Waals surface area (Å²) in [4.78, 5) is 18.4. The van der Waals surface area contributed by atoms with Gasteiger partial charge in [0.15, 0.2) is 0 Å². The molecule has 3 aliphatic heterocycles. The Morgan fingerprint density at radius 2 is 1.55 bits per heavy atom. The van der Waals surface area contributed by atoms with Crippen molar-refractivity contribution >= 4 is 5.91 Å². The van der Waals surface area contributed by atoms with E-state index in [9.17, 15) is 4.79 Å². The van der Waals surface area contributed by atoms with Gasteiger partial charge in [0, 0.05) is 49.7 Å². The Morgan fingerprint density at radius 3 is 2.16 bits per heavy atom. The molecule has 0 spiro atoms. The summed E-state index contributed by atoms with van der Waals surface area (Å²) in [6.45, 7) is 8.26. The average Bonchev–Trinajstić information content (AvgIpc) is 2.98. The van der Waals surface area contributed by atoms with Crippen LogP contribution >= 0.6 is 0 Å². The molecule has 3 aromatic carbocycles. The fraction of sp³-hybridized carbons (Fsp3) is 0.424. The average molecular weight is 512 g/mol. The molecule has 1 N–H and O–H groups in total. The van der Waals surface area contributed by atoms with E-state index in [1.54, 1.807) is 7.11 Å². The number of benzene rings is 3. The van der Waals surface area contributed by atoms with Crippen molar-refractivity contribution in [3.05, 3.63) is 102 Å². The van der Waals surface area contributed by atoms with Crippen LogP contribution in [0.15, 0.2) is 84.9 Å². The number of amides is 1. The van der Waals surface area contributed by atoms with Crippen LogP contribution in [0.5, 0.6) is 5.75 Å². The van der Waals surface area contributed by atoms with Crippen molar-refractivity contribution < 1.29 is 9.53 Å². The number of carbonyl (C=O) groups is 1. The van der Waals surface area contributed by atoms with Crippen molar-refractivity contribution in [2.45, 2.75) is 44.8 Å². The second kappa shape index (κ2) is 12.1. The third kappa shape index (κ3) is 5.23. The molecule has 3 saturated heterocycles. The standard InChI is InChI=1S/C33H41N3O2/c1-4-35(5-2)33(37)28-23-36-21-20-27(28)31(34-22-26-18-12-13-19-29(26)38-3)32(36)30(24-14-8-6-9-15-24)25-16-10-7-11-17-25/h6-19,27-28,30-32,34H,4-5,20-23H2,1-3H3. The van der Waals surface area contributed by atoms with E-state index in [2.05, 4.69) is 96.9 Å². The van der Waals surface area contributed by atoms with Crippen LogP contribution in [-0.2, 0) is 11.3 Å². The summed E-state index contributed by atoms with van der Waals surface area (Å²) in [7, 11) is 1.73. The molecule has 5 unspecified atom stereocenters. The first kappa shape index (κ1) is 26.5. The fourth-order valence-electron chi connectivity index (χ4n) is 6.88. The second-order valence-corrected chi connectivity index (χ2v) is 10.6. The predicted molar refractivity (Wildman–Crippen MR) is 153 cm³/mol. The number of hydrogen-bond donors (Lipinski definition) is 1. The quantitative estimate of drug-likeness (QED) is 0.408. The van der Waals surface area contributed by atoms with Gasteiger partial charge in [-0.2, -0.15) is 0 Å². The van der Waals surface area contributed by atoms with Crippen molar-refractivity contribution in [3.8, 4) is 5.75 Å². The molecule has 5 heteroatoms. The van der Waals surface area contributed by atoms with E-state index in [1.807, 2.05) is 17.0 Å². The molecule has 0 saturated carbocycles. The highest BCUT2D eigenvalue weighted by atomic mass is 16.5. The molecule has 5 nitrogen and oxygen atoms in total. The minimum Gasteiger partial charge on any atom is -0.496 e. The van der Waals surface area contributed by atoms with Gasteiger partial charge in [-0.05, 0) is 49.9 Å². The molecule has 2 bridgehead atoms. The fourth-order valence-corrected chi connectivity index (χ4v) is 6.88. The Hall–Kier alpha value is -3.15. The van der Waals surface area contributed by atoms with Gasteiger partial charge < -0.3 is 15.0 Å². The smallest absolute Gasteiger partial charge is 0.227 e. The zero-order valence-electron chi connectivity index (χ0n) is 22.9. The Balaban J connectivity index is 1.54. The summed E-state index contributed by atoms with van der Waals surface area (Å²) in [6.07, 6.45) is 1.04. The van der Waals surface area contributed by atoms with Crippen LogP contribution in [0.4, 0.5) is 0 Å². The number of para-hydroxylation sites is 1. The van der Waals surface area contributed by atoms with Gasteiger partial charge in [-0.15, -0.1) is 0 Å². The van der Waals surface area contributed by atoms with E-state index in [4.69, 9.17) is 4.74 Å². The summed E-state index contributed by atoms with van der Waals surface area (Å²) in [5.41, 5.74) is 3.80. The number of nitrogens with zero attached hydrogens (tertiary/aromatic N) is 2. The molecule has 5 atom stereocenters. The SMILES string of the molecule is CCN(CC)C(=O)C1CN2CCC1C(NCc1ccccc1OC)C2C(c1ccccc1)c1ccccc1. The minimum absolute atomic E-state index is 0.0160. The van der Waals surface area contributed by atoms with Crippen molar-refractivity contribution in [2.75, 3.05) is 33.3 Å². The molecule has 38 heavy (non-hydrogen) atoms. The van der Waals surface area contributed by atoms with Crippen molar-refractivity contribution in [3.63, 3.8) is 0 Å². The highest BCUT2D eigenvalue weighted by Crippen LogP contribution is 2.45. The Kier molecular flexibility index (Phi) is 8.45. The maximum absolute atomic E-state index is 13.7. The van der Waals surface area contributed by atoms with Crippen LogP contribution in [0.2, 0.25) is 0 Å². The zero-order chi connectivity index (χ0) is 26.5. The van der Waals surface area contributed by atoms with Crippen LogP contribution in [0.25, 0.3) is 0 Å². The number of ether oxygens (including phenoxy) is 1. The number of fused-ring (bicyclic) bond motifs is 3. The molecule has 6 rings (SSSR count). The lowest BCUT2D eigenvalue weighted by atomic mass is 9.66. The Morgan fingerprint density at radius 1 is 0.947 bits per heavy atom. The van der Waals surface area contributed by atoms with Crippen molar-refractivity contribution in [1.82, 2.24) is 15.1 Å². The molecule has 0 radical (unpaired) electrons. The predicted octanol–water partition coefficient (Wildman–Crippen LogP) is 5.17. The van der Waals surface area contributed by atoms with Gasteiger partial charge in [-0.1, -0.05) is 78.9 Å². The van der Waals surface area contributed by atoms with Crippen LogP contribution in [0, 0.1) is 11.8 Å². The largest absolute Gasteiger partial charge is 0.496 e. The first-order valence-corrected chi connectivity index (χ1v) is 14.1. The number of hydrogen-bond acceptors (Lipinski definition) is 4. The van der Waals surface area contributed by atoms with Crippen molar-refractivity contribution in [2.24, 2.45) is 11.8 Å². The first-order valence-electron chi connectivity index (χ1n) is 14.1. The third-order valence-electron chi connectivity index (χ3n) is 8.72. The van der Waals surface area contributed by atoms with Gasteiger partial charge in [0.1, 0.15) is 5.75 Å². The monoisotopic (exact) mass is 511 g/mol. The molecule has 200 valence electrons. The number of carbonyl (C=O) groups excluding carboxylic acids is 1. The Bertz CT molecular complexity index is 1140. The van der Waals surface area contributed by atoms with Crippen LogP contribution in [0.1, 0.15) is 42.9 Å². The van der Waals surface area contributed by atoms with E-state index in [0.29, 0.717) is 12.5 Å². The van der Waals surface area contributed by atoms with Crippen molar-refractivity contribution in [1.29, 1.82) is 0 Å². The molecule has 0 aromatic heterocycles. The molecule has 1 amide bonds. The van der Waals surface area contributed by atoms with Gasteiger partial charge in [0.05, 0.1) is 13.0 Å². The van der Waals surface area contributed by atoms with Gasteiger partial charge >= 0.3 is 0 Å². The normalized spacial score (nSPS) is 24.4. The van der Waals surface area contributed by atoms with Crippen LogP contribution < -0.4 is 10.1 Å². The number of rotatable bonds is 10. The maximum atomic E-state index is 13.7. The zero-order valence-corrected chi connectivity index (χ0v) is 22.9.